The SMILES string of the molecule is Fc1ccc([C@]2(Cn3[nH]c(-c4ccccc4Cl)nc3=S)O[C@@H]2c2ccccc2Cl)cc1. The number of aromatic amines is 1. The van der Waals surface area contributed by atoms with Gasteiger partial charge in [-0.3, -0.25) is 9.78 Å². The molecule has 0 amide bonds. The number of ether oxygens (including phenoxy) is 1. The number of nitrogens with zero attached hydrogens (tertiary/aromatic N) is 2. The molecule has 4 nitrogen and oxygen atoms in total. The minimum Gasteiger partial charge on any atom is -0.354 e. The summed E-state index contributed by atoms with van der Waals surface area (Å²) in [4.78, 5) is 4.47. The van der Waals surface area contributed by atoms with Crippen LogP contribution in [0.5, 0.6) is 0 Å². The van der Waals surface area contributed by atoms with Crippen molar-refractivity contribution in [2.24, 2.45) is 0 Å². The Morgan fingerprint density at radius 3 is 2.39 bits per heavy atom. The van der Waals surface area contributed by atoms with Gasteiger partial charge in [0.15, 0.2) is 5.82 Å². The molecule has 0 unspecified atom stereocenters. The van der Waals surface area contributed by atoms with Gasteiger partial charge in [-0.1, -0.05) is 65.7 Å². The highest BCUT2D eigenvalue weighted by atomic mass is 35.5. The van der Waals surface area contributed by atoms with Crippen LogP contribution in [0.2, 0.25) is 10.0 Å². The Balaban J connectivity index is 1.56. The Hall–Kier alpha value is -2.51. The summed E-state index contributed by atoms with van der Waals surface area (Å²) in [5, 5.41) is 4.42. The number of hydrogen-bond donors (Lipinski definition) is 1. The Morgan fingerprint density at radius 1 is 1.00 bits per heavy atom. The topological polar surface area (TPSA) is 46.1 Å². The molecule has 0 spiro atoms. The molecular formula is C23H16Cl2FN3OS. The monoisotopic (exact) mass is 471 g/mol. The van der Waals surface area contributed by atoms with Gasteiger partial charge in [0.2, 0.25) is 4.77 Å². The smallest absolute Gasteiger partial charge is 0.216 e. The van der Waals surface area contributed by atoms with Gasteiger partial charge in [-0.15, -0.1) is 0 Å². The largest absolute Gasteiger partial charge is 0.354 e. The zero-order chi connectivity index (χ0) is 21.6. The molecule has 31 heavy (non-hydrogen) atoms. The molecule has 1 aliphatic heterocycles. The van der Waals surface area contributed by atoms with Crippen LogP contribution in [0.1, 0.15) is 17.2 Å². The van der Waals surface area contributed by atoms with Crippen LogP contribution in [0.3, 0.4) is 0 Å². The Bertz CT molecular complexity index is 1320. The van der Waals surface area contributed by atoms with Gasteiger partial charge in [0.1, 0.15) is 17.5 Å². The highest BCUT2D eigenvalue weighted by Crippen LogP contribution is 2.59. The van der Waals surface area contributed by atoms with Gasteiger partial charge in [-0.25, -0.2) is 4.39 Å². The Morgan fingerprint density at radius 2 is 1.68 bits per heavy atom. The van der Waals surface area contributed by atoms with Gasteiger partial charge < -0.3 is 4.74 Å². The fourth-order valence-electron chi connectivity index (χ4n) is 3.81. The Kier molecular flexibility index (Phi) is 5.18. The summed E-state index contributed by atoms with van der Waals surface area (Å²) in [6, 6.07) is 21.2. The van der Waals surface area contributed by atoms with Gasteiger partial charge in [0, 0.05) is 16.1 Å². The maximum absolute atomic E-state index is 13.6. The third-order valence-corrected chi connectivity index (χ3v) is 6.40. The number of rotatable bonds is 5. The van der Waals surface area contributed by atoms with Crippen LogP contribution in [0.25, 0.3) is 11.4 Å². The minimum atomic E-state index is -0.763. The van der Waals surface area contributed by atoms with E-state index < -0.39 is 5.60 Å². The lowest BCUT2D eigenvalue weighted by Gasteiger charge is -2.15. The van der Waals surface area contributed by atoms with Gasteiger partial charge in [0.05, 0.1) is 11.6 Å². The summed E-state index contributed by atoms with van der Waals surface area (Å²) in [6.07, 6.45) is -0.305. The molecule has 1 saturated heterocycles. The first-order chi connectivity index (χ1) is 15.0. The predicted molar refractivity (Wildman–Crippen MR) is 121 cm³/mol. The molecule has 1 fully saturated rings. The molecule has 2 atom stereocenters. The summed E-state index contributed by atoms with van der Waals surface area (Å²) in [6.45, 7) is 0.352. The summed E-state index contributed by atoms with van der Waals surface area (Å²) in [7, 11) is 0. The van der Waals surface area contributed by atoms with Gasteiger partial charge in [0.25, 0.3) is 0 Å². The number of hydrogen-bond acceptors (Lipinski definition) is 3. The molecule has 3 aromatic carbocycles. The van der Waals surface area contributed by atoms with Crippen LogP contribution in [0.4, 0.5) is 4.39 Å². The molecule has 4 aromatic rings. The van der Waals surface area contributed by atoms with E-state index in [1.54, 1.807) is 22.9 Å². The van der Waals surface area contributed by atoms with Gasteiger partial charge >= 0.3 is 0 Å². The van der Waals surface area contributed by atoms with E-state index in [4.69, 9.17) is 40.2 Å². The van der Waals surface area contributed by atoms with E-state index in [1.165, 1.54) is 12.1 Å². The lowest BCUT2D eigenvalue weighted by Crippen LogP contribution is -2.20. The van der Waals surface area contributed by atoms with E-state index in [0.717, 1.165) is 16.7 Å². The average molecular weight is 472 g/mol. The minimum absolute atomic E-state index is 0.305. The zero-order valence-corrected chi connectivity index (χ0v) is 18.4. The average Bonchev–Trinajstić information content (AvgIpc) is 3.37. The van der Waals surface area contributed by atoms with Crippen molar-refractivity contribution < 1.29 is 9.13 Å². The summed E-state index contributed by atoms with van der Waals surface area (Å²) < 4.78 is 21.9. The van der Waals surface area contributed by atoms with Gasteiger partial charge in [-0.2, -0.15) is 4.98 Å². The van der Waals surface area contributed by atoms with Gasteiger partial charge in [-0.05, 0) is 48.1 Å². The van der Waals surface area contributed by atoms with Crippen molar-refractivity contribution in [3.8, 4) is 11.4 Å². The van der Waals surface area contributed by atoms with Crippen LogP contribution in [-0.4, -0.2) is 14.8 Å². The van der Waals surface area contributed by atoms with Crippen LogP contribution in [0, 0.1) is 10.6 Å². The summed E-state index contributed by atoms with van der Waals surface area (Å²) >= 11 is 18.3. The fraction of sp³-hybridized carbons (Fsp3) is 0.130. The zero-order valence-electron chi connectivity index (χ0n) is 16.1. The molecule has 0 radical (unpaired) electrons. The van der Waals surface area contributed by atoms with Crippen molar-refractivity contribution in [3.63, 3.8) is 0 Å². The highest BCUT2D eigenvalue weighted by molar-refractivity contribution is 7.71. The quantitative estimate of drug-likeness (QED) is 0.259. The second-order valence-electron chi connectivity index (χ2n) is 7.34. The van der Waals surface area contributed by atoms with Crippen LogP contribution >= 0.6 is 35.4 Å². The normalized spacial score (nSPS) is 20.0. The first-order valence-corrected chi connectivity index (χ1v) is 10.7. The third-order valence-electron chi connectivity index (χ3n) is 5.42. The molecule has 0 bridgehead atoms. The maximum Gasteiger partial charge on any atom is 0.216 e. The summed E-state index contributed by atoms with van der Waals surface area (Å²) in [5.41, 5.74) is 1.69. The lowest BCUT2D eigenvalue weighted by atomic mass is 9.91. The maximum atomic E-state index is 13.6. The van der Waals surface area contributed by atoms with Crippen molar-refractivity contribution >= 4 is 35.4 Å². The second-order valence-corrected chi connectivity index (χ2v) is 8.52. The molecule has 1 aromatic heterocycles. The molecule has 5 rings (SSSR count). The van der Waals surface area contributed by atoms with E-state index in [9.17, 15) is 4.39 Å². The second kappa shape index (κ2) is 7.88. The van der Waals surface area contributed by atoms with Crippen LogP contribution < -0.4 is 0 Å². The van der Waals surface area contributed by atoms with E-state index in [2.05, 4.69) is 10.1 Å². The number of halogens is 3. The fourth-order valence-corrected chi connectivity index (χ4v) is 4.48. The van der Waals surface area contributed by atoms with E-state index in [0.29, 0.717) is 27.2 Å². The van der Waals surface area contributed by atoms with Crippen molar-refractivity contribution in [2.75, 3.05) is 0 Å². The number of nitrogens with one attached hydrogen (secondary N) is 1. The van der Waals surface area contributed by atoms with Crippen molar-refractivity contribution in [1.82, 2.24) is 14.8 Å². The number of aromatic nitrogens is 3. The van der Waals surface area contributed by atoms with Crippen LogP contribution in [-0.2, 0) is 16.9 Å². The molecule has 1 N–H and O–H groups in total. The summed E-state index contributed by atoms with van der Waals surface area (Å²) in [5.74, 6) is 0.257. The molecule has 0 saturated carbocycles. The Labute approximate surface area is 193 Å². The van der Waals surface area contributed by atoms with E-state index in [-0.39, 0.29) is 11.9 Å². The lowest BCUT2D eigenvalue weighted by molar-refractivity contribution is 0.261. The third kappa shape index (κ3) is 3.70. The van der Waals surface area contributed by atoms with E-state index >= 15 is 0 Å². The first kappa shape index (κ1) is 20.4. The van der Waals surface area contributed by atoms with Crippen molar-refractivity contribution in [2.45, 2.75) is 18.2 Å². The molecule has 8 heteroatoms. The number of H-pyrrole nitrogens is 1. The molecule has 0 aliphatic carbocycles. The number of epoxide rings is 1. The molecule has 2 heterocycles. The number of benzene rings is 3. The van der Waals surface area contributed by atoms with Crippen molar-refractivity contribution in [3.05, 3.63) is 105 Å². The van der Waals surface area contributed by atoms with Crippen molar-refractivity contribution in [1.29, 1.82) is 0 Å². The van der Waals surface area contributed by atoms with Crippen LogP contribution in [0.15, 0.2) is 72.8 Å². The van der Waals surface area contributed by atoms with E-state index in [1.807, 2.05) is 42.5 Å². The predicted octanol–water partition coefficient (Wildman–Crippen LogP) is 6.72. The standard InChI is InChI=1S/C23H16Cl2FN3OS/c24-18-7-3-1-5-16(18)20-23(30-20,14-9-11-15(26)12-10-14)13-29-22(31)27-21(28-29)17-6-2-4-8-19(17)25/h1-12,20H,13H2,(H,27,28,31)/t20-,23+/m1/s1. The molecule has 156 valence electrons. The molecule has 1 aliphatic rings. The molecular weight excluding hydrogens is 456 g/mol. The highest BCUT2D eigenvalue weighted by Gasteiger charge is 2.59. The first-order valence-electron chi connectivity index (χ1n) is 9.58.